The first-order valence-corrected chi connectivity index (χ1v) is 9.73. The minimum atomic E-state index is -0.402. The van der Waals surface area contributed by atoms with Gasteiger partial charge in [-0.15, -0.1) is 0 Å². The fourth-order valence-corrected chi connectivity index (χ4v) is 3.73. The lowest BCUT2D eigenvalue weighted by molar-refractivity contribution is -0.702. The van der Waals surface area contributed by atoms with Crippen molar-refractivity contribution < 1.29 is 14.8 Å². The van der Waals surface area contributed by atoms with E-state index >= 15 is 0 Å². The van der Waals surface area contributed by atoms with Crippen LogP contribution in [-0.2, 0) is 6.54 Å². The van der Waals surface area contributed by atoms with Crippen molar-refractivity contribution in [2.75, 3.05) is 0 Å². The second kappa shape index (κ2) is 7.94. The van der Waals surface area contributed by atoms with Crippen molar-refractivity contribution >= 4 is 11.0 Å². The largest absolute Gasteiger partial charge is 0.508 e. The molecule has 0 spiro atoms. The molecular weight excluding hydrogens is 362 g/mol. The second-order valence-corrected chi connectivity index (χ2v) is 7.42. The van der Waals surface area contributed by atoms with Crippen LogP contribution in [0.3, 0.4) is 0 Å². The van der Waals surface area contributed by atoms with Gasteiger partial charge in [0.25, 0.3) is 0 Å². The van der Waals surface area contributed by atoms with E-state index in [1.54, 1.807) is 19.1 Å². The van der Waals surface area contributed by atoms with E-state index in [9.17, 15) is 9.90 Å². The van der Waals surface area contributed by atoms with Gasteiger partial charge in [-0.25, -0.2) is 4.79 Å². The molecule has 1 aromatic heterocycles. The van der Waals surface area contributed by atoms with Gasteiger partial charge in [0.1, 0.15) is 23.9 Å². The number of quaternary nitrogens is 1. The van der Waals surface area contributed by atoms with Gasteiger partial charge in [-0.3, -0.25) is 0 Å². The normalized spacial score (nSPS) is 12.2. The number of phenols is 1. The van der Waals surface area contributed by atoms with Gasteiger partial charge in [0, 0.05) is 33.7 Å². The van der Waals surface area contributed by atoms with Gasteiger partial charge in [-0.1, -0.05) is 60.2 Å². The van der Waals surface area contributed by atoms with E-state index in [1.807, 2.05) is 24.3 Å². The maximum atomic E-state index is 12.1. The molecule has 1 atom stereocenters. The second-order valence-electron chi connectivity index (χ2n) is 7.42. The number of aromatic hydroxyl groups is 1. The Kier molecular flexibility index (Phi) is 5.19. The molecule has 146 valence electrons. The zero-order valence-corrected chi connectivity index (χ0v) is 16.6. The molecule has 0 aliphatic rings. The third-order valence-corrected chi connectivity index (χ3v) is 5.39. The standard InChI is InChI=1S/C25H23NO3/c1-16-8-10-19(11-9-16)24(18-6-4-3-5-7-18)26-15-20-14-23(28)29-25-17(2)22(27)13-12-21(20)25/h3-14,24,26-27H,15H2,1-2H3/p+1/t24-/m0/s1. The molecule has 4 rings (SSSR count). The molecule has 1 heterocycles. The number of fused-ring (bicyclic) bond motifs is 1. The van der Waals surface area contributed by atoms with E-state index < -0.39 is 5.63 Å². The third kappa shape index (κ3) is 3.93. The van der Waals surface area contributed by atoms with Crippen LogP contribution in [0.1, 0.15) is 33.9 Å². The first kappa shape index (κ1) is 19.0. The zero-order valence-electron chi connectivity index (χ0n) is 16.6. The molecule has 3 aromatic carbocycles. The molecule has 3 N–H and O–H groups in total. The summed E-state index contributed by atoms with van der Waals surface area (Å²) in [6, 6.07) is 24.0. The number of rotatable bonds is 5. The summed E-state index contributed by atoms with van der Waals surface area (Å²) in [7, 11) is 0. The Hall–Kier alpha value is -3.37. The monoisotopic (exact) mass is 386 g/mol. The average molecular weight is 386 g/mol. The first-order valence-electron chi connectivity index (χ1n) is 9.73. The topological polar surface area (TPSA) is 67.0 Å². The van der Waals surface area contributed by atoms with Crippen LogP contribution in [0.4, 0.5) is 0 Å². The van der Waals surface area contributed by atoms with Crippen LogP contribution in [0.5, 0.6) is 5.75 Å². The van der Waals surface area contributed by atoms with Crippen LogP contribution in [0.15, 0.2) is 82.0 Å². The van der Waals surface area contributed by atoms with E-state index in [1.165, 1.54) is 16.7 Å². The van der Waals surface area contributed by atoms with E-state index in [0.29, 0.717) is 17.7 Å². The SMILES string of the molecule is Cc1ccc([C@@H]([NH2+]Cc2cc(=O)oc3c(C)c(O)ccc23)c2ccccc2)cc1. The molecule has 0 amide bonds. The van der Waals surface area contributed by atoms with E-state index in [0.717, 1.165) is 10.9 Å². The van der Waals surface area contributed by atoms with Gasteiger partial charge < -0.3 is 14.8 Å². The minimum absolute atomic E-state index is 0.109. The fraction of sp³-hybridized carbons (Fsp3) is 0.160. The highest BCUT2D eigenvalue weighted by Crippen LogP contribution is 2.27. The van der Waals surface area contributed by atoms with Crippen molar-refractivity contribution in [3.8, 4) is 5.75 Å². The van der Waals surface area contributed by atoms with Crippen molar-refractivity contribution in [2.45, 2.75) is 26.4 Å². The Morgan fingerprint density at radius 1 is 0.931 bits per heavy atom. The molecule has 4 nitrogen and oxygen atoms in total. The summed E-state index contributed by atoms with van der Waals surface area (Å²) in [6.45, 7) is 4.45. The predicted molar refractivity (Wildman–Crippen MR) is 114 cm³/mol. The van der Waals surface area contributed by atoms with Crippen LogP contribution in [0.25, 0.3) is 11.0 Å². The highest BCUT2D eigenvalue weighted by Gasteiger charge is 2.19. The van der Waals surface area contributed by atoms with Crippen LogP contribution in [0.2, 0.25) is 0 Å². The van der Waals surface area contributed by atoms with Gasteiger partial charge in [0.15, 0.2) is 0 Å². The van der Waals surface area contributed by atoms with Crippen molar-refractivity contribution in [1.82, 2.24) is 0 Å². The number of hydrogen-bond acceptors (Lipinski definition) is 3. The van der Waals surface area contributed by atoms with Crippen molar-refractivity contribution in [2.24, 2.45) is 0 Å². The third-order valence-electron chi connectivity index (χ3n) is 5.39. The molecule has 0 unspecified atom stereocenters. The number of aryl methyl sites for hydroxylation is 2. The summed E-state index contributed by atoms with van der Waals surface area (Å²) in [5, 5.41) is 13.1. The maximum absolute atomic E-state index is 12.1. The molecule has 0 fully saturated rings. The number of benzene rings is 3. The molecule has 29 heavy (non-hydrogen) atoms. The van der Waals surface area contributed by atoms with Crippen LogP contribution >= 0.6 is 0 Å². The highest BCUT2D eigenvalue weighted by atomic mass is 16.4. The van der Waals surface area contributed by atoms with Gasteiger partial charge in [-0.2, -0.15) is 0 Å². The lowest BCUT2D eigenvalue weighted by Crippen LogP contribution is -2.84. The van der Waals surface area contributed by atoms with Gasteiger partial charge in [-0.05, 0) is 26.0 Å². The molecule has 0 saturated heterocycles. The fourth-order valence-electron chi connectivity index (χ4n) is 3.73. The first-order chi connectivity index (χ1) is 14.0. The Balaban J connectivity index is 1.72. The van der Waals surface area contributed by atoms with Gasteiger partial charge >= 0.3 is 5.63 Å². The summed E-state index contributed by atoms with van der Waals surface area (Å²) in [5.41, 5.74) is 5.17. The number of phenolic OH excluding ortho intramolecular Hbond substituents is 1. The van der Waals surface area contributed by atoms with E-state index in [4.69, 9.17) is 4.42 Å². The number of nitrogens with two attached hydrogens (primary N) is 1. The predicted octanol–water partition coefficient (Wildman–Crippen LogP) is 3.97. The van der Waals surface area contributed by atoms with Crippen LogP contribution in [0, 0.1) is 13.8 Å². The summed E-state index contributed by atoms with van der Waals surface area (Å²) in [6.07, 6.45) is 0. The maximum Gasteiger partial charge on any atom is 0.336 e. The molecular formula is C25H24NO3+. The van der Waals surface area contributed by atoms with Crippen molar-refractivity contribution in [3.63, 3.8) is 0 Å². The Bertz CT molecular complexity index is 1190. The van der Waals surface area contributed by atoms with E-state index in [2.05, 4.69) is 48.6 Å². The Labute approximate surface area is 169 Å². The molecule has 0 aliphatic heterocycles. The van der Waals surface area contributed by atoms with Gasteiger partial charge in [0.2, 0.25) is 0 Å². The molecule has 0 radical (unpaired) electrons. The van der Waals surface area contributed by atoms with E-state index in [-0.39, 0.29) is 11.8 Å². The van der Waals surface area contributed by atoms with Crippen molar-refractivity contribution in [3.05, 3.63) is 111 Å². The number of hydrogen-bond donors (Lipinski definition) is 2. The lowest BCUT2D eigenvalue weighted by Gasteiger charge is -2.17. The van der Waals surface area contributed by atoms with Crippen LogP contribution < -0.4 is 10.9 Å². The molecule has 0 aliphatic carbocycles. The molecule has 0 bridgehead atoms. The molecule has 4 heteroatoms. The molecule has 4 aromatic rings. The quantitative estimate of drug-likeness (QED) is 0.510. The van der Waals surface area contributed by atoms with Crippen LogP contribution in [-0.4, -0.2) is 5.11 Å². The Morgan fingerprint density at radius 3 is 2.34 bits per heavy atom. The zero-order chi connectivity index (χ0) is 20.4. The average Bonchev–Trinajstić information content (AvgIpc) is 2.73. The highest BCUT2D eigenvalue weighted by molar-refractivity contribution is 5.84. The molecule has 0 saturated carbocycles. The summed E-state index contributed by atoms with van der Waals surface area (Å²) >= 11 is 0. The van der Waals surface area contributed by atoms with Gasteiger partial charge in [0.05, 0.1) is 0 Å². The van der Waals surface area contributed by atoms with Crippen molar-refractivity contribution in [1.29, 1.82) is 0 Å². The lowest BCUT2D eigenvalue weighted by atomic mass is 9.97. The summed E-state index contributed by atoms with van der Waals surface area (Å²) in [5.74, 6) is 0.128. The smallest absolute Gasteiger partial charge is 0.336 e. The Morgan fingerprint density at radius 2 is 1.62 bits per heavy atom. The summed E-state index contributed by atoms with van der Waals surface area (Å²) < 4.78 is 5.37. The minimum Gasteiger partial charge on any atom is -0.508 e. The summed E-state index contributed by atoms with van der Waals surface area (Å²) in [4.78, 5) is 12.1.